The van der Waals surface area contributed by atoms with Crippen LogP contribution in [0.1, 0.15) is 15.9 Å². The summed E-state index contributed by atoms with van der Waals surface area (Å²) in [4.78, 5) is 16.4. The van der Waals surface area contributed by atoms with Gasteiger partial charge in [-0.15, -0.1) is 0 Å². The van der Waals surface area contributed by atoms with Crippen molar-refractivity contribution >= 4 is 5.91 Å². The first-order valence-electron chi connectivity index (χ1n) is 7.07. The van der Waals surface area contributed by atoms with Gasteiger partial charge in [-0.25, -0.2) is 0 Å². The van der Waals surface area contributed by atoms with E-state index >= 15 is 0 Å². The maximum absolute atomic E-state index is 12.5. The number of carbonyl (C=O) groups is 1. The number of piperazine rings is 1. The number of benzene rings is 1. The highest BCUT2D eigenvalue weighted by atomic mass is 16.3. The number of aliphatic hydroxyl groups excluding tert-OH is 2. The molecule has 0 aromatic heterocycles. The third kappa shape index (κ3) is 4.30. The fourth-order valence-corrected chi connectivity index (χ4v) is 2.37. The molecule has 1 saturated heterocycles. The molecule has 1 aliphatic heterocycles. The lowest BCUT2D eigenvalue weighted by atomic mass is 10.1. The Bertz CT molecular complexity index is 540. The van der Waals surface area contributed by atoms with Gasteiger partial charge in [0.2, 0.25) is 0 Å². The van der Waals surface area contributed by atoms with E-state index in [-0.39, 0.29) is 19.1 Å². The lowest BCUT2D eigenvalue weighted by Crippen LogP contribution is -2.49. The lowest BCUT2D eigenvalue weighted by molar-refractivity contribution is 0.0615. The summed E-state index contributed by atoms with van der Waals surface area (Å²) in [6.07, 6.45) is 0. The van der Waals surface area contributed by atoms with Gasteiger partial charge in [0, 0.05) is 43.9 Å². The van der Waals surface area contributed by atoms with E-state index in [2.05, 4.69) is 16.7 Å². The van der Waals surface area contributed by atoms with Crippen molar-refractivity contribution in [2.24, 2.45) is 0 Å². The van der Waals surface area contributed by atoms with Crippen LogP contribution in [0.25, 0.3) is 0 Å². The molecule has 1 aliphatic rings. The highest BCUT2D eigenvalue weighted by molar-refractivity contribution is 5.94. The third-order valence-electron chi connectivity index (χ3n) is 3.50. The van der Waals surface area contributed by atoms with Gasteiger partial charge in [-0.05, 0) is 18.2 Å². The van der Waals surface area contributed by atoms with Crippen LogP contribution in [0, 0.1) is 11.8 Å². The zero-order valence-electron chi connectivity index (χ0n) is 12.0. The highest BCUT2D eigenvalue weighted by Crippen LogP contribution is 2.10. The van der Waals surface area contributed by atoms with E-state index in [1.807, 2.05) is 11.0 Å². The molecule has 0 atom stereocenters. The fourth-order valence-electron chi connectivity index (χ4n) is 2.37. The number of nitrogens with zero attached hydrogens (tertiary/aromatic N) is 2. The molecule has 5 heteroatoms. The largest absolute Gasteiger partial charge is 0.395 e. The molecule has 112 valence electrons. The van der Waals surface area contributed by atoms with Crippen molar-refractivity contribution in [3.05, 3.63) is 35.4 Å². The van der Waals surface area contributed by atoms with Gasteiger partial charge >= 0.3 is 0 Å². The van der Waals surface area contributed by atoms with Crippen molar-refractivity contribution in [2.75, 3.05) is 45.9 Å². The van der Waals surface area contributed by atoms with Gasteiger partial charge < -0.3 is 15.1 Å². The van der Waals surface area contributed by atoms with Crippen LogP contribution in [0.15, 0.2) is 24.3 Å². The van der Waals surface area contributed by atoms with Crippen LogP contribution in [0.3, 0.4) is 0 Å². The predicted molar refractivity (Wildman–Crippen MR) is 79.8 cm³/mol. The fraction of sp³-hybridized carbons (Fsp3) is 0.438. The second-order valence-corrected chi connectivity index (χ2v) is 4.90. The molecule has 0 spiro atoms. The van der Waals surface area contributed by atoms with Crippen molar-refractivity contribution in [2.45, 2.75) is 0 Å². The minimum Gasteiger partial charge on any atom is -0.395 e. The number of rotatable bonds is 3. The molecule has 0 aliphatic carbocycles. The molecule has 21 heavy (non-hydrogen) atoms. The molecule has 0 radical (unpaired) electrons. The number of hydrogen-bond acceptors (Lipinski definition) is 4. The van der Waals surface area contributed by atoms with Crippen LogP contribution in [0.5, 0.6) is 0 Å². The molecular formula is C16H20N2O3. The van der Waals surface area contributed by atoms with Crippen molar-refractivity contribution in [1.29, 1.82) is 0 Å². The summed E-state index contributed by atoms with van der Waals surface area (Å²) in [6, 6.07) is 7.16. The van der Waals surface area contributed by atoms with E-state index in [0.717, 1.165) is 18.7 Å². The molecule has 5 nitrogen and oxygen atoms in total. The number of aliphatic hydroxyl groups is 2. The topological polar surface area (TPSA) is 64.0 Å². The molecule has 0 saturated carbocycles. The van der Waals surface area contributed by atoms with Crippen LogP contribution in [0.4, 0.5) is 0 Å². The van der Waals surface area contributed by atoms with E-state index in [1.165, 1.54) is 0 Å². The Morgan fingerprint density at radius 1 is 1.19 bits per heavy atom. The number of carbonyl (C=O) groups excluding carboxylic acids is 1. The van der Waals surface area contributed by atoms with Gasteiger partial charge in [0.1, 0.15) is 6.61 Å². The predicted octanol–water partition coefficient (Wildman–Crippen LogP) is -0.220. The first-order valence-corrected chi connectivity index (χ1v) is 7.07. The Labute approximate surface area is 124 Å². The Morgan fingerprint density at radius 3 is 2.62 bits per heavy atom. The molecule has 1 heterocycles. The van der Waals surface area contributed by atoms with Crippen molar-refractivity contribution in [1.82, 2.24) is 9.80 Å². The van der Waals surface area contributed by atoms with Crippen molar-refractivity contribution in [3.8, 4) is 11.8 Å². The van der Waals surface area contributed by atoms with Crippen LogP contribution in [-0.4, -0.2) is 71.9 Å². The second kappa shape index (κ2) is 7.79. The van der Waals surface area contributed by atoms with Gasteiger partial charge in [0.25, 0.3) is 5.91 Å². The third-order valence-corrected chi connectivity index (χ3v) is 3.50. The average molecular weight is 288 g/mol. The maximum atomic E-state index is 12.5. The molecule has 0 bridgehead atoms. The zero-order valence-corrected chi connectivity index (χ0v) is 12.0. The zero-order chi connectivity index (χ0) is 15.1. The minimum absolute atomic E-state index is 0.00583. The average Bonchev–Trinajstić information content (AvgIpc) is 2.53. The van der Waals surface area contributed by atoms with Gasteiger partial charge in [0.05, 0.1) is 6.61 Å². The molecule has 1 amide bonds. The normalized spacial score (nSPS) is 15.4. The summed E-state index contributed by atoms with van der Waals surface area (Å²) in [6.45, 7) is 3.54. The van der Waals surface area contributed by atoms with Gasteiger partial charge in [0.15, 0.2) is 0 Å². The molecule has 1 fully saturated rings. The van der Waals surface area contributed by atoms with Crippen molar-refractivity contribution in [3.63, 3.8) is 0 Å². The van der Waals surface area contributed by atoms with E-state index in [0.29, 0.717) is 25.2 Å². The quantitative estimate of drug-likeness (QED) is 0.755. The summed E-state index contributed by atoms with van der Waals surface area (Å²) in [5, 5.41) is 17.6. The van der Waals surface area contributed by atoms with E-state index in [1.54, 1.807) is 18.2 Å². The summed E-state index contributed by atoms with van der Waals surface area (Å²) in [5.74, 6) is 5.40. The van der Waals surface area contributed by atoms with Crippen LogP contribution in [0.2, 0.25) is 0 Å². The van der Waals surface area contributed by atoms with E-state index in [4.69, 9.17) is 10.2 Å². The SMILES string of the molecule is O=C(c1cccc(C#CCO)c1)N1CCN(CCO)CC1. The standard InChI is InChI=1S/C16H20N2O3/c19-11-2-4-14-3-1-5-15(13-14)16(21)18-8-6-17(7-9-18)10-12-20/h1,3,5,13,19-20H,6-12H2. The Kier molecular flexibility index (Phi) is 5.76. The van der Waals surface area contributed by atoms with Gasteiger partial charge in [-0.2, -0.15) is 0 Å². The summed E-state index contributed by atoms with van der Waals surface area (Å²) in [7, 11) is 0. The Balaban J connectivity index is 2.00. The molecule has 2 rings (SSSR count). The first kappa shape index (κ1) is 15.5. The Morgan fingerprint density at radius 2 is 1.95 bits per heavy atom. The summed E-state index contributed by atoms with van der Waals surface area (Å²) in [5.41, 5.74) is 1.35. The summed E-state index contributed by atoms with van der Waals surface area (Å²) < 4.78 is 0. The molecular weight excluding hydrogens is 268 g/mol. The minimum atomic E-state index is -0.189. The van der Waals surface area contributed by atoms with E-state index < -0.39 is 0 Å². The maximum Gasteiger partial charge on any atom is 0.253 e. The number of amides is 1. The number of hydrogen-bond donors (Lipinski definition) is 2. The van der Waals surface area contributed by atoms with Crippen LogP contribution in [-0.2, 0) is 0 Å². The Hall–Kier alpha value is -1.87. The smallest absolute Gasteiger partial charge is 0.253 e. The highest BCUT2D eigenvalue weighted by Gasteiger charge is 2.21. The molecule has 1 aromatic rings. The molecule has 2 N–H and O–H groups in total. The van der Waals surface area contributed by atoms with Crippen LogP contribution < -0.4 is 0 Å². The lowest BCUT2D eigenvalue weighted by Gasteiger charge is -2.34. The van der Waals surface area contributed by atoms with Gasteiger partial charge in [-0.3, -0.25) is 9.69 Å². The van der Waals surface area contributed by atoms with Crippen LogP contribution >= 0.6 is 0 Å². The van der Waals surface area contributed by atoms with Crippen molar-refractivity contribution < 1.29 is 15.0 Å². The molecule has 1 aromatic carbocycles. The molecule has 0 unspecified atom stereocenters. The summed E-state index contributed by atoms with van der Waals surface area (Å²) >= 11 is 0. The second-order valence-electron chi connectivity index (χ2n) is 4.90. The van der Waals surface area contributed by atoms with Gasteiger partial charge in [-0.1, -0.05) is 17.9 Å². The monoisotopic (exact) mass is 288 g/mol. The van der Waals surface area contributed by atoms with E-state index in [9.17, 15) is 4.79 Å². The first-order chi connectivity index (χ1) is 10.2. The number of β-amino-alcohol motifs (C(OH)–C–C–N with tert-alkyl or cyclic N) is 1.